The molecule has 0 aromatic heterocycles. The molecule has 0 amide bonds. The van der Waals surface area contributed by atoms with Crippen LogP contribution in [0.1, 0.15) is 50.4 Å². The van der Waals surface area contributed by atoms with E-state index in [0.717, 1.165) is 19.3 Å². The topological polar surface area (TPSA) is 63.2 Å². The van der Waals surface area contributed by atoms with Crippen LogP contribution in [-0.2, 0) is 10.0 Å². The predicted molar refractivity (Wildman–Crippen MR) is 82.7 cm³/mol. The van der Waals surface area contributed by atoms with Gasteiger partial charge in [-0.3, -0.25) is 4.79 Å². The van der Waals surface area contributed by atoms with E-state index in [4.69, 9.17) is 0 Å². The molecule has 5 heteroatoms. The second-order valence-corrected chi connectivity index (χ2v) is 7.79. The first-order valence-electron chi connectivity index (χ1n) is 7.44. The first-order chi connectivity index (χ1) is 9.81. The van der Waals surface area contributed by atoms with Crippen molar-refractivity contribution >= 4 is 15.8 Å². The largest absolute Gasteiger partial charge is 0.295 e. The van der Waals surface area contributed by atoms with Gasteiger partial charge < -0.3 is 0 Å². The van der Waals surface area contributed by atoms with Crippen LogP contribution in [0.2, 0.25) is 0 Å². The highest BCUT2D eigenvalue weighted by Crippen LogP contribution is 2.30. The summed E-state index contributed by atoms with van der Waals surface area (Å²) in [6, 6.07) is 6.10. The second kappa shape index (κ2) is 6.28. The smallest absolute Gasteiger partial charge is 0.240 e. The van der Waals surface area contributed by atoms with Gasteiger partial charge in [0.05, 0.1) is 4.90 Å². The lowest BCUT2D eigenvalue weighted by Crippen LogP contribution is -2.43. The Morgan fingerprint density at radius 2 is 1.76 bits per heavy atom. The standard InChI is InChI=1S/C16H23NO3S/c1-11-5-4-6-16(12(11)2)17-21(19,20)15-9-7-14(8-10-15)13(3)18/h7-12,16-17H,4-6H2,1-3H3/t11-,12+,16+/m0/s1. The summed E-state index contributed by atoms with van der Waals surface area (Å²) in [6.07, 6.45) is 3.10. The van der Waals surface area contributed by atoms with Gasteiger partial charge in [0.15, 0.2) is 5.78 Å². The molecular formula is C16H23NO3S. The van der Waals surface area contributed by atoms with Crippen molar-refractivity contribution in [2.45, 2.75) is 51.0 Å². The van der Waals surface area contributed by atoms with Crippen molar-refractivity contribution in [2.24, 2.45) is 11.8 Å². The lowest BCUT2D eigenvalue weighted by atomic mass is 9.78. The van der Waals surface area contributed by atoms with Gasteiger partial charge in [0, 0.05) is 11.6 Å². The molecule has 1 aromatic rings. The first kappa shape index (κ1) is 16.2. The third-order valence-electron chi connectivity index (χ3n) is 4.58. The summed E-state index contributed by atoms with van der Waals surface area (Å²) in [5, 5.41) is 0. The van der Waals surface area contributed by atoms with Gasteiger partial charge in [-0.15, -0.1) is 0 Å². The zero-order chi connectivity index (χ0) is 15.6. The Morgan fingerprint density at radius 1 is 1.14 bits per heavy atom. The van der Waals surface area contributed by atoms with Gasteiger partial charge in [0.2, 0.25) is 10.0 Å². The van der Waals surface area contributed by atoms with Crippen LogP contribution in [0.15, 0.2) is 29.2 Å². The van der Waals surface area contributed by atoms with Crippen LogP contribution in [0.3, 0.4) is 0 Å². The third-order valence-corrected chi connectivity index (χ3v) is 6.09. The molecule has 1 fully saturated rings. The average molecular weight is 309 g/mol. The van der Waals surface area contributed by atoms with Crippen LogP contribution < -0.4 is 4.72 Å². The fourth-order valence-corrected chi connectivity index (χ4v) is 4.25. The molecule has 2 rings (SSSR count). The molecule has 1 aliphatic carbocycles. The molecule has 0 spiro atoms. The van der Waals surface area contributed by atoms with Crippen molar-refractivity contribution in [2.75, 3.05) is 0 Å². The minimum atomic E-state index is -3.52. The van der Waals surface area contributed by atoms with E-state index in [1.807, 2.05) is 0 Å². The zero-order valence-electron chi connectivity index (χ0n) is 12.8. The Kier molecular flexibility index (Phi) is 4.84. The van der Waals surface area contributed by atoms with Crippen LogP contribution in [0.4, 0.5) is 0 Å². The lowest BCUT2D eigenvalue weighted by molar-refractivity contribution is 0.101. The van der Waals surface area contributed by atoms with E-state index in [1.54, 1.807) is 12.1 Å². The van der Waals surface area contributed by atoms with Crippen molar-refractivity contribution in [1.29, 1.82) is 0 Å². The third kappa shape index (κ3) is 3.71. The van der Waals surface area contributed by atoms with Gasteiger partial charge in [-0.2, -0.15) is 0 Å². The molecule has 0 aliphatic heterocycles. The van der Waals surface area contributed by atoms with E-state index >= 15 is 0 Å². The summed E-state index contributed by atoms with van der Waals surface area (Å²) >= 11 is 0. The molecule has 0 bridgehead atoms. The van der Waals surface area contributed by atoms with Crippen molar-refractivity contribution in [3.8, 4) is 0 Å². The van der Waals surface area contributed by atoms with Crippen LogP contribution in [0.25, 0.3) is 0 Å². The van der Waals surface area contributed by atoms with E-state index in [-0.39, 0.29) is 16.7 Å². The lowest BCUT2D eigenvalue weighted by Gasteiger charge is -2.34. The number of hydrogen-bond acceptors (Lipinski definition) is 3. The minimum Gasteiger partial charge on any atom is -0.295 e. The summed E-state index contributed by atoms with van der Waals surface area (Å²) in [6.45, 7) is 5.75. The number of nitrogens with one attached hydrogen (secondary N) is 1. The van der Waals surface area contributed by atoms with Gasteiger partial charge in [0.1, 0.15) is 0 Å². The Bertz CT molecular complexity index is 607. The molecule has 1 aliphatic rings. The summed E-state index contributed by atoms with van der Waals surface area (Å²) < 4.78 is 27.7. The van der Waals surface area contributed by atoms with E-state index < -0.39 is 10.0 Å². The van der Waals surface area contributed by atoms with Crippen molar-refractivity contribution < 1.29 is 13.2 Å². The van der Waals surface area contributed by atoms with Crippen molar-refractivity contribution in [1.82, 2.24) is 4.72 Å². The summed E-state index contributed by atoms with van der Waals surface area (Å²) in [7, 11) is -3.52. The Balaban J connectivity index is 2.16. The molecule has 0 heterocycles. The van der Waals surface area contributed by atoms with Crippen LogP contribution in [0, 0.1) is 11.8 Å². The maximum atomic E-state index is 12.4. The number of ketones is 1. The van der Waals surface area contributed by atoms with Gasteiger partial charge in [-0.1, -0.05) is 38.8 Å². The zero-order valence-corrected chi connectivity index (χ0v) is 13.6. The molecule has 4 nitrogen and oxygen atoms in total. The predicted octanol–water partition coefficient (Wildman–Crippen LogP) is 2.99. The monoisotopic (exact) mass is 309 g/mol. The number of benzene rings is 1. The maximum Gasteiger partial charge on any atom is 0.240 e. The molecule has 1 aromatic carbocycles. The van der Waals surface area contributed by atoms with Crippen LogP contribution >= 0.6 is 0 Å². The van der Waals surface area contributed by atoms with Gasteiger partial charge >= 0.3 is 0 Å². The van der Waals surface area contributed by atoms with Crippen LogP contribution in [-0.4, -0.2) is 20.2 Å². The first-order valence-corrected chi connectivity index (χ1v) is 8.93. The van der Waals surface area contributed by atoms with E-state index in [2.05, 4.69) is 18.6 Å². The molecule has 21 heavy (non-hydrogen) atoms. The van der Waals surface area contributed by atoms with Gasteiger partial charge in [-0.25, -0.2) is 13.1 Å². The highest BCUT2D eigenvalue weighted by atomic mass is 32.2. The maximum absolute atomic E-state index is 12.4. The van der Waals surface area contributed by atoms with Gasteiger partial charge in [-0.05, 0) is 37.3 Å². The molecular weight excluding hydrogens is 286 g/mol. The van der Waals surface area contributed by atoms with Crippen LogP contribution in [0.5, 0.6) is 0 Å². The molecule has 0 unspecified atom stereocenters. The average Bonchev–Trinajstić information content (AvgIpc) is 2.44. The number of Topliss-reactive ketones (excluding diaryl/α,β-unsaturated/α-hetero) is 1. The quantitative estimate of drug-likeness (QED) is 0.870. The minimum absolute atomic E-state index is 0.00812. The number of rotatable bonds is 4. The fourth-order valence-electron chi connectivity index (χ4n) is 2.88. The Morgan fingerprint density at radius 3 is 2.33 bits per heavy atom. The second-order valence-electron chi connectivity index (χ2n) is 6.08. The SMILES string of the molecule is CC(=O)c1ccc(S(=O)(=O)N[C@@H]2CCC[C@H](C)[C@H]2C)cc1. The molecule has 0 saturated heterocycles. The normalized spacial score (nSPS) is 26.5. The molecule has 0 radical (unpaired) electrons. The van der Waals surface area contributed by atoms with Gasteiger partial charge in [0.25, 0.3) is 0 Å². The molecule has 1 saturated carbocycles. The van der Waals surface area contributed by atoms with Crippen molar-refractivity contribution in [3.63, 3.8) is 0 Å². The van der Waals surface area contributed by atoms with E-state index in [0.29, 0.717) is 17.4 Å². The summed E-state index contributed by atoms with van der Waals surface area (Å²) in [4.78, 5) is 11.5. The Hall–Kier alpha value is -1.20. The number of carbonyl (C=O) groups excluding carboxylic acids is 1. The summed E-state index contributed by atoms with van der Waals surface area (Å²) in [5.74, 6) is 0.804. The van der Waals surface area contributed by atoms with Crippen molar-refractivity contribution in [3.05, 3.63) is 29.8 Å². The van der Waals surface area contributed by atoms with E-state index in [9.17, 15) is 13.2 Å². The molecule has 3 atom stereocenters. The number of carbonyl (C=O) groups is 1. The summed E-state index contributed by atoms with van der Waals surface area (Å²) in [5.41, 5.74) is 0.522. The highest BCUT2D eigenvalue weighted by Gasteiger charge is 2.30. The highest BCUT2D eigenvalue weighted by molar-refractivity contribution is 7.89. The number of sulfonamides is 1. The Labute approximate surface area is 127 Å². The van der Waals surface area contributed by atoms with E-state index in [1.165, 1.54) is 19.1 Å². The molecule has 116 valence electrons. The fraction of sp³-hybridized carbons (Fsp3) is 0.562. The molecule has 1 N–H and O–H groups in total. The number of hydrogen-bond donors (Lipinski definition) is 1.